The second-order valence-electron chi connectivity index (χ2n) is 8.88. The summed E-state index contributed by atoms with van der Waals surface area (Å²) in [7, 11) is 0. The Morgan fingerprint density at radius 1 is 0.943 bits per heavy atom. The van der Waals surface area contributed by atoms with Crippen molar-refractivity contribution in [1.29, 1.82) is 0 Å². The molecule has 0 spiro atoms. The molecule has 0 saturated carbocycles. The molecule has 2 amide bonds. The molecule has 0 aromatic heterocycles. The third-order valence-electron chi connectivity index (χ3n) is 6.77. The van der Waals surface area contributed by atoms with Gasteiger partial charge in [0.2, 0.25) is 5.91 Å². The number of aliphatic carboxylic acids is 1. The number of aryl methyl sites for hydroxylation is 1. The molecule has 1 unspecified atom stereocenters. The van der Waals surface area contributed by atoms with Crippen LogP contribution in [0.5, 0.6) is 0 Å². The van der Waals surface area contributed by atoms with E-state index < -0.39 is 18.1 Å². The van der Waals surface area contributed by atoms with Crippen molar-refractivity contribution in [2.75, 3.05) is 18.5 Å². The van der Waals surface area contributed by atoms with E-state index in [4.69, 9.17) is 9.84 Å². The maximum Gasteiger partial charge on any atom is 0.411 e. The molecule has 1 heterocycles. The first-order chi connectivity index (χ1) is 17.0. The van der Waals surface area contributed by atoms with Gasteiger partial charge in [0, 0.05) is 24.6 Å². The normalized spacial score (nSPS) is 16.1. The number of anilines is 1. The van der Waals surface area contributed by atoms with Gasteiger partial charge in [-0.05, 0) is 52.8 Å². The lowest BCUT2D eigenvalue weighted by molar-refractivity contribution is -0.157. The minimum Gasteiger partial charge on any atom is -0.480 e. The summed E-state index contributed by atoms with van der Waals surface area (Å²) in [5.74, 6) is -1.14. The molecule has 3 aromatic rings. The van der Waals surface area contributed by atoms with E-state index in [1.165, 1.54) is 16.0 Å². The van der Waals surface area contributed by atoms with Gasteiger partial charge in [0.25, 0.3) is 0 Å². The maximum absolute atomic E-state index is 12.6. The van der Waals surface area contributed by atoms with Crippen molar-refractivity contribution in [1.82, 2.24) is 4.90 Å². The summed E-state index contributed by atoms with van der Waals surface area (Å²) in [4.78, 5) is 37.4. The Morgan fingerprint density at radius 3 is 2.26 bits per heavy atom. The summed E-state index contributed by atoms with van der Waals surface area (Å²) in [5, 5.41) is 11.9. The summed E-state index contributed by atoms with van der Waals surface area (Å²) >= 11 is 0. The van der Waals surface area contributed by atoms with Gasteiger partial charge >= 0.3 is 12.1 Å². The second kappa shape index (κ2) is 9.62. The first kappa shape index (κ1) is 22.7. The summed E-state index contributed by atoms with van der Waals surface area (Å²) in [5.41, 5.74) is 6.11. The quantitative estimate of drug-likeness (QED) is 0.523. The summed E-state index contributed by atoms with van der Waals surface area (Å²) in [6, 6.07) is 22.9. The number of nitrogens with one attached hydrogen (secondary N) is 1. The zero-order chi connectivity index (χ0) is 24.4. The van der Waals surface area contributed by atoms with Crippen molar-refractivity contribution in [2.24, 2.45) is 0 Å². The standard InChI is InChI=1S/C28H26N2O5/c31-26(30-15-14-25(30)27(32)33)13-12-18-6-5-7-19(16-18)29-28(34)35-17-24-22-10-3-1-8-20(22)21-9-2-4-11-23(21)24/h1-11,16,24-25H,12-15,17H2,(H,29,34)(H,32,33). The molecule has 35 heavy (non-hydrogen) atoms. The maximum atomic E-state index is 12.6. The molecule has 7 heteroatoms. The van der Waals surface area contributed by atoms with Crippen LogP contribution in [0.1, 0.15) is 35.4 Å². The Bertz CT molecular complexity index is 1240. The van der Waals surface area contributed by atoms with E-state index in [1.807, 2.05) is 36.4 Å². The zero-order valence-electron chi connectivity index (χ0n) is 19.1. The van der Waals surface area contributed by atoms with Gasteiger partial charge in [-0.25, -0.2) is 9.59 Å². The average Bonchev–Trinajstić information content (AvgIpc) is 3.14. The number of carboxylic acids is 1. The first-order valence-electron chi connectivity index (χ1n) is 11.7. The summed E-state index contributed by atoms with van der Waals surface area (Å²) in [6.45, 7) is 0.716. The Balaban J connectivity index is 1.17. The predicted molar refractivity (Wildman–Crippen MR) is 131 cm³/mol. The third kappa shape index (κ3) is 4.62. The summed E-state index contributed by atoms with van der Waals surface area (Å²) < 4.78 is 5.60. The number of ether oxygens (including phenoxy) is 1. The second-order valence-corrected chi connectivity index (χ2v) is 8.88. The fraction of sp³-hybridized carbons (Fsp3) is 0.250. The molecule has 1 fully saturated rings. The van der Waals surface area contributed by atoms with E-state index in [-0.39, 0.29) is 24.9 Å². The van der Waals surface area contributed by atoms with Crippen LogP contribution in [-0.2, 0) is 20.7 Å². The highest BCUT2D eigenvalue weighted by atomic mass is 16.5. The predicted octanol–water partition coefficient (Wildman–Crippen LogP) is 4.67. The first-order valence-corrected chi connectivity index (χ1v) is 11.7. The lowest BCUT2D eigenvalue weighted by Gasteiger charge is -2.38. The highest BCUT2D eigenvalue weighted by Crippen LogP contribution is 2.44. The van der Waals surface area contributed by atoms with Crippen molar-refractivity contribution in [3.8, 4) is 11.1 Å². The Hall–Kier alpha value is -4.13. The minimum absolute atomic E-state index is 0.0124. The number of hydrogen-bond acceptors (Lipinski definition) is 4. The number of likely N-dealkylation sites (tertiary alicyclic amines) is 1. The highest BCUT2D eigenvalue weighted by molar-refractivity contribution is 5.86. The molecule has 1 aliphatic heterocycles. The van der Waals surface area contributed by atoms with Crippen molar-refractivity contribution < 1.29 is 24.2 Å². The zero-order valence-corrected chi connectivity index (χ0v) is 19.1. The van der Waals surface area contributed by atoms with Crippen LogP contribution >= 0.6 is 0 Å². The van der Waals surface area contributed by atoms with Crippen LogP contribution in [0, 0.1) is 0 Å². The van der Waals surface area contributed by atoms with Gasteiger partial charge in [-0.2, -0.15) is 0 Å². The number of hydrogen-bond donors (Lipinski definition) is 2. The molecule has 2 aliphatic rings. The van der Waals surface area contributed by atoms with E-state index in [0.29, 0.717) is 25.1 Å². The van der Waals surface area contributed by atoms with Gasteiger partial charge in [-0.3, -0.25) is 10.1 Å². The molecule has 0 bridgehead atoms. The number of carbonyl (C=O) groups excluding carboxylic acids is 2. The molecule has 1 aliphatic carbocycles. The lowest BCUT2D eigenvalue weighted by Crippen LogP contribution is -2.55. The average molecular weight is 471 g/mol. The van der Waals surface area contributed by atoms with E-state index in [0.717, 1.165) is 16.7 Å². The van der Waals surface area contributed by atoms with Crippen molar-refractivity contribution in [2.45, 2.75) is 31.2 Å². The van der Waals surface area contributed by atoms with Crippen LogP contribution in [0.25, 0.3) is 11.1 Å². The van der Waals surface area contributed by atoms with Gasteiger partial charge in [0.05, 0.1) is 0 Å². The van der Waals surface area contributed by atoms with E-state index in [9.17, 15) is 14.4 Å². The fourth-order valence-electron chi connectivity index (χ4n) is 4.89. The van der Waals surface area contributed by atoms with E-state index in [2.05, 4.69) is 29.6 Å². The van der Waals surface area contributed by atoms with Gasteiger partial charge in [0.15, 0.2) is 0 Å². The van der Waals surface area contributed by atoms with Gasteiger partial charge in [0.1, 0.15) is 12.6 Å². The van der Waals surface area contributed by atoms with Crippen LogP contribution in [0.3, 0.4) is 0 Å². The molecule has 178 valence electrons. The van der Waals surface area contributed by atoms with Crippen molar-refractivity contribution >= 4 is 23.7 Å². The molecule has 2 N–H and O–H groups in total. The molecular weight excluding hydrogens is 444 g/mol. The van der Waals surface area contributed by atoms with Crippen LogP contribution in [0.15, 0.2) is 72.8 Å². The number of benzene rings is 3. The SMILES string of the molecule is O=C(Nc1cccc(CCC(=O)N2CCC2C(=O)O)c1)OCC1c2ccccc2-c2ccccc21. The topological polar surface area (TPSA) is 95.9 Å². The molecule has 5 rings (SSSR count). The van der Waals surface area contributed by atoms with Gasteiger partial charge in [-0.15, -0.1) is 0 Å². The monoisotopic (exact) mass is 470 g/mol. The number of nitrogens with zero attached hydrogens (tertiary/aromatic N) is 1. The summed E-state index contributed by atoms with van der Waals surface area (Å²) in [6.07, 6.45) is 0.644. The van der Waals surface area contributed by atoms with Gasteiger partial charge in [-0.1, -0.05) is 60.7 Å². The molecule has 1 saturated heterocycles. The molecule has 3 aromatic carbocycles. The number of fused-ring (bicyclic) bond motifs is 3. The van der Waals surface area contributed by atoms with E-state index >= 15 is 0 Å². The number of carbonyl (C=O) groups is 3. The lowest BCUT2D eigenvalue weighted by atomic mass is 9.98. The number of amides is 2. The smallest absolute Gasteiger partial charge is 0.411 e. The molecule has 7 nitrogen and oxygen atoms in total. The van der Waals surface area contributed by atoms with Crippen LogP contribution in [0.4, 0.5) is 10.5 Å². The highest BCUT2D eigenvalue weighted by Gasteiger charge is 2.37. The van der Waals surface area contributed by atoms with Crippen LogP contribution in [-0.4, -0.2) is 47.2 Å². The van der Waals surface area contributed by atoms with E-state index in [1.54, 1.807) is 12.1 Å². The van der Waals surface area contributed by atoms with Crippen molar-refractivity contribution in [3.63, 3.8) is 0 Å². The molecular formula is C28H26N2O5. The Morgan fingerprint density at radius 2 is 1.63 bits per heavy atom. The van der Waals surface area contributed by atoms with Gasteiger partial charge < -0.3 is 14.7 Å². The Kier molecular flexibility index (Phi) is 6.23. The Labute approximate surface area is 203 Å². The molecule has 0 radical (unpaired) electrons. The van der Waals surface area contributed by atoms with Crippen molar-refractivity contribution in [3.05, 3.63) is 89.5 Å². The minimum atomic E-state index is -0.959. The molecule has 1 atom stereocenters. The van der Waals surface area contributed by atoms with Crippen LogP contribution < -0.4 is 5.32 Å². The number of carboxylic acid groups (broad SMARTS) is 1. The third-order valence-corrected chi connectivity index (χ3v) is 6.77. The van der Waals surface area contributed by atoms with Crippen LogP contribution in [0.2, 0.25) is 0 Å². The number of rotatable bonds is 7. The fourth-order valence-corrected chi connectivity index (χ4v) is 4.89. The largest absolute Gasteiger partial charge is 0.480 e.